The van der Waals surface area contributed by atoms with Crippen molar-refractivity contribution in [3.63, 3.8) is 0 Å². The fourth-order valence-electron chi connectivity index (χ4n) is 0. The van der Waals surface area contributed by atoms with Crippen LogP contribution in [0.3, 0.4) is 0 Å². The van der Waals surface area contributed by atoms with Gasteiger partial charge in [-0.1, -0.05) is 0 Å². The van der Waals surface area contributed by atoms with Gasteiger partial charge in [0.25, 0.3) is 0 Å². The van der Waals surface area contributed by atoms with E-state index in [9.17, 15) is 9.59 Å². The van der Waals surface area contributed by atoms with Crippen LogP contribution in [0.25, 0.3) is 0 Å². The van der Waals surface area contributed by atoms with Crippen molar-refractivity contribution >= 4 is 37.2 Å². The van der Waals surface area contributed by atoms with Gasteiger partial charge in [-0.2, -0.15) is 25.3 Å². The van der Waals surface area contributed by atoms with E-state index in [4.69, 9.17) is 24.5 Å². The van der Waals surface area contributed by atoms with Gasteiger partial charge in [-0.05, 0) is 0 Å². The zero-order valence-electron chi connectivity index (χ0n) is 9.06. The molecule has 17 heavy (non-hydrogen) atoms. The molecular weight excluding hydrogens is 382 g/mol. The monoisotopic (exact) mass is 392 g/mol. The summed E-state index contributed by atoms with van der Waals surface area (Å²) >= 11 is 0.812. The Bertz CT molecular complexity index is 259. The van der Waals surface area contributed by atoms with Gasteiger partial charge in [0.15, 0.2) is 0 Å². The van der Waals surface area contributed by atoms with Crippen LogP contribution in [-0.4, -0.2) is 33.7 Å². The average molecular weight is 390 g/mol. The second-order valence-electron chi connectivity index (χ2n) is 1.51. The summed E-state index contributed by atoms with van der Waals surface area (Å²) in [5.41, 5.74) is 0. The van der Waals surface area contributed by atoms with Gasteiger partial charge in [-0.25, -0.2) is 0 Å². The van der Waals surface area contributed by atoms with Crippen LogP contribution in [0, 0.1) is 0 Å². The van der Waals surface area contributed by atoms with E-state index in [0.717, 1.165) is 0 Å². The van der Waals surface area contributed by atoms with Crippen molar-refractivity contribution in [2.24, 2.45) is 0 Å². The van der Waals surface area contributed by atoms with Crippen molar-refractivity contribution in [2.45, 2.75) is 0 Å². The van der Waals surface area contributed by atoms with E-state index in [1.54, 1.807) is 0 Å². The molecule has 0 unspecified atom stereocenters. The van der Waals surface area contributed by atoms with E-state index in [2.05, 4.69) is 25.3 Å². The summed E-state index contributed by atoms with van der Waals surface area (Å²) in [6.07, 6.45) is 0. The van der Waals surface area contributed by atoms with Crippen molar-refractivity contribution in [1.29, 1.82) is 0 Å². The van der Waals surface area contributed by atoms with Gasteiger partial charge in [0, 0.05) is 0 Å². The Morgan fingerprint density at radius 2 is 1.00 bits per heavy atom. The molecular formula is C4H8MoNa2O8S2. The van der Waals surface area contributed by atoms with Crippen LogP contribution in [0.2, 0.25) is 0 Å². The molecule has 0 spiro atoms. The minimum atomic E-state index is -6.02. The molecule has 0 rings (SSSR count). The third-order valence-corrected chi connectivity index (χ3v) is 0.812. The minimum absolute atomic E-state index is 0. The van der Waals surface area contributed by atoms with Crippen LogP contribution in [0.4, 0.5) is 0 Å². The van der Waals surface area contributed by atoms with Gasteiger partial charge in [0.2, 0.25) is 0 Å². The van der Waals surface area contributed by atoms with Gasteiger partial charge < -0.3 is 10.2 Å². The Balaban J connectivity index is -0.0000000400. The number of carbonyl (C=O) groups is 2. The quantitative estimate of drug-likeness (QED) is 0.268. The van der Waals surface area contributed by atoms with E-state index in [0.29, 0.717) is 0 Å². The van der Waals surface area contributed by atoms with Crippen molar-refractivity contribution in [2.75, 3.05) is 11.5 Å². The molecule has 0 radical (unpaired) electrons. The number of carboxylic acids is 2. The SMILES string of the molecule is O=C(O)CS.O=C(O)CS.[Na+].[Na+].[O]=[Mo](=[O])([O-])[O-]. The normalized spacial score (nSPS) is 7.76. The molecule has 13 heteroatoms. The van der Waals surface area contributed by atoms with E-state index in [1.807, 2.05) is 0 Å². The fourth-order valence-corrected chi connectivity index (χ4v) is 0. The van der Waals surface area contributed by atoms with Crippen LogP contribution in [0.5, 0.6) is 0 Å². The van der Waals surface area contributed by atoms with Crippen molar-refractivity contribution < 1.29 is 110 Å². The number of hydrogen-bond donors (Lipinski definition) is 4. The summed E-state index contributed by atoms with van der Waals surface area (Å²) in [4.78, 5) is 18.6. The van der Waals surface area contributed by atoms with Crippen molar-refractivity contribution in [3.05, 3.63) is 0 Å². The standard InChI is InChI=1S/2C2H4O2S.Mo.2Na.4O/c2*3-2(4)1-5;;;;;;;/h2*5H,1H2,(H,3,4);;;;;;;/q;;;2*+1;;;2*-1. The summed E-state index contributed by atoms with van der Waals surface area (Å²) in [7, 11) is 0. The van der Waals surface area contributed by atoms with Crippen LogP contribution in [0.15, 0.2) is 0 Å². The predicted molar refractivity (Wildman–Crippen MR) is 44.4 cm³/mol. The zero-order valence-corrected chi connectivity index (χ0v) is 16.9. The van der Waals surface area contributed by atoms with Gasteiger partial charge in [0.05, 0.1) is 11.5 Å². The first-order valence-electron chi connectivity index (χ1n) is 2.86. The Morgan fingerprint density at radius 3 is 1.00 bits per heavy atom. The van der Waals surface area contributed by atoms with Crippen molar-refractivity contribution in [1.82, 2.24) is 0 Å². The Kier molecular flexibility index (Phi) is 37.2. The molecule has 0 heterocycles. The maximum absolute atomic E-state index is 9.29. The molecule has 0 saturated heterocycles. The van der Waals surface area contributed by atoms with E-state index in [-0.39, 0.29) is 70.6 Å². The molecule has 0 aliphatic carbocycles. The van der Waals surface area contributed by atoms with Gasteiger partial charge >= 0.3 is 102 Å². The number of rotatable bonds is 2. The molecule has 0 aliphatic heterocycles. The topological polar surface area (TPSA) is 155 Å². The zero-order chi connectivity index (χ0) is 13.1. The molecule has 0 amide bonds. The van der Waals surface area contributed by atoms with Gasteiger partial charge in [-0.15, -0.1) is 0 Å². The van der Waals surface area contributed by atoms with Crippen molar-refractivity contribution in [3.8, 4) is 0 Å². The van der Waals surface area contributed by atoms with E-state index >= 15 is 0 Å². The van der Waals surface area contributed by atoms with E-state index in [1.165, 1.54) is 0 Å². The van der Waals surface area contributed by atoms with Gasteiger partial charge in [0.1, 0.15) is 0 Å². The molecule has 0 aromatic carbocycles. The number of carboxylic acid groups (broad SMARTS) is 2. The molecule has 8 nitrogen and oxygen atoms in total. The Labute approximate surface area is 156 Å². The molecule has 0 saturated carbocycles. The Morgan fingerprint density at radius 1 is 0.941 bits per heavy atom. The van der Waals surface area contributed by atoms with E-state index < -0.39 is 28.7 Å². The van der Waals surface area contributed by atoms with Crippen LogP contribution >= 0.6 is 25.3 Å². The second-order valence-corrected chi connectivity index (χ2v) is 4.15. The summed E-state index contributed by atoms with van der Waals surface area (Å²) in [5.74, 6) is -1.93. The van der Waals surface area contributed by atoms with Crippen LogP contribution in [0.1, 0.15) is 0 Å². The molecule has 0 bridgehead atoms. The summed E-state index contributed by atoms with van der Waals surface area (Å²) < 4.78 is 34.5. The van der Waals surface area contributed by atoms with Crippen LogP contribution < -0.4 is 66.6 Å². The summed E-state index contributed by atoms with van der Waals surface area (Å²) in [6.45, 7) is 0. The molecule has 2 N–H and O–H groups in total. The first kappa shape index (κ1) is 31.3. The summed E-state index contributed by atoms with van der Waals surface area (Å²) in [6, 6.07) is 0. The molecule has 0 fully saturated rings. The number of hydrogen-bond acceptors (Lipinski definition) is 8. The van der Waals surface area contributed by atoms with Gasteiger partial charge in [-0.3, -0.25) is 9.59 Å². The Hall–Kier alpha value is 1.85. The second kappa shape index (κ2) is 20.2. The fraction of sp³-hybridized carbons (Fsp3) is 0.500. The first-order valence-corrected chi connectivity index (χ1v) is 7.40. The molecule has 0 aromatic heterocycles. The maximum atomic E-state index is 9.29. The number of thiol groups is 2. The first-order chi connectivity index (χ1) is 6.54. The summed E-state index contributed by atoms with van der Waals surface area (Å²) in [5, 5.41) is 15.3. The third-order valence-electron chi connectivity index (χ3n) is 0.271. The van der Waals surface area contributed by atoms with Crippen LogP contribution in [-0.2, 0) is 33.1 Å². The number of aliphatic carboxylic acids is 2. The average Bonchev–Trinajstić information content (AvgIpc) is 2.02. The molecule has 92 valence electrons. The molecule has 0 aromatic rings. The predicted octanol–water partition coefficient (Wildman–Crippen LogP) is -8.61. The molecule has 0 aliphatic rings. The third kappa shape index (κ3) is 131. The molecule has 0 atom stereocenters.